The number of rotatable bonds is 7. The quantitative estimate of drug-likeness (QED) is 0.399. The van der Waals surface area contributed by atoms with Crippen LogP contribution in [0.2, 0.25) is 0 Å². The van der Waals surface area contributed by atoms with Crippen molar-refractivity contribution < 1.29 is 13.9 Å². The van der Waals surface area contributed by atoms with Crippen LogP contribution in [0.3, 0.4) is 0 Å². The van der Waals surface area contributed by atoms with E-state index in [1.54, 1.807) is 23.5 Å². The highest BCUT2D eigenvalue weighted by Crippen LogP contribution is 2.50. The molecule has 29 heavy (non-hydrogen) atoms. The highest BCUT2D eigenvalue weighted by molar-refractivity contribution is 7.17. The summed E-state index contributed by atoms with van der Waals surface area (Å²) < 4.78 is 16.5. The molecular weight excluding hydrogens is 403 g/mol. The van der Waals surface area contributed by atoms with E-state index in [1.165, 1.54) is 0 Å². The lowest BCUT2D eigenvalue weighted by Gasteiger charge is -2.14. The van der Waals surface area contributed by atoms with Gasteiger partial charge in [0.15, 0.2) is 8.69 Å². The van der Waals surface area contributed by atoms with E-state index in [0.29, 0.717) is 29.3 Å². The maximum atomic E-state index is 12.7. The van der Waals surface area contributed by atoms with Crippen LogP contribution in [-0.2, 0) is 15.5 Å². The molecule has 7 heteroatoms. The number of hydrogen-bond acceptors (Lipinski definition) is 5. The van der Waals surface area contributed by atoms with Gasteiger partial charge in [0.05, 0.1) is 17.0 Å². The molecule has 0 aliphatic heterocycles. The van der Waals surface area contributed by atoms with Gasteiger partial charge in [-0.2, -0.15) is 0 Å². The first-order valence-electron chi connectivity index (χ1n) is 9.46. The van der Waals surface area contributed by atoms with Crippen LogP contribution in [0, 0.1) is 5.92 Å². The summed E-state index contributed by atoms with van der Waals surface area (Å²) in [6.07, 6.45) is 1.63. The second kappa shape index (κ2) is 8.15. The van der Waals surface area contributed by atoms with Gasteiger partial charge in [-0.05, 0) is 59.2 Å². The number of hydrogen-bond donors (Lipinski definition) is 2. The molecule has 1 saturated carbocycles. The van der Waals surface area contributed by atoms with Gasteiger partial charge < -0.3 is 15.6 Å². The molecule has 3 unspecified atom stereocenters. The smallest absolute Gasteiger partial charge is 0.255 e. The summed E-state index contributed by atoms with van der Waals surface area (Å²) in [5.74, 6) is 0.201. The van der Waals surface area contributed by atoms with E-state index in [-0.39, 0.29) is 11.5 Å². The van der Waals surface area contributed by atoms with E-state index in [1.807, 2.05) is 47.8 Å². The maximum absolute atomic E-state index is 12.7. The summed E-state index contributed by atoms with van der Waals surface area (Å²) in [4.78, 5) is 13.8. The molecule has 0 spiro atoms. The van der Waals surface area contributed by atoms with E-state index in [9.17, 15) is 9.36 Å². The standard InChI is InChI=1S/C22H23N2O3PS/c1-14-12-22(14,27-28-26)13-15-4-6-16(7-5-15)21(25)24-19-11-17(8-9-18(19)23)20-3-2-10-29-20/h2-11,14H,12-13,23,28H2,1H3,(H,24,25). The van der Waals surface area contributed by atoms with Crippen LogP contribution in [0.15, 0.2) is 60.0 Å². The number of nitrogens with two attached hydrogens (primary N) is 1. The second-order valence-electron chi connectivity index (χ2n) is 7.49. The average molecular weight is 426 g/mol. The van der Waals surface area contributed by atoms with Crippen LogP contribution >= 0.6 is 20.0 Å². The topological polar surface area (TPSA) is 81.4 Å². The minimum Gasteiger partial charge on any atom is -0.397 e. The number of amides is 1. The first-order valence-corrected chi connectivity index (χ1v) is 11.3. The van der Waals surface area contributed by atoms with Crippen molar-refractivity contribution in [2.24, 2.45) is 5.92 Å². The molecular formula is C22H23N2O3PS. The third kappa shape index (κ3) is 4.30. The molecule has 1 aliphatic rings. The van der Waals surface area contributed by atoms with Crippen molar-refractivity contribution in [1.82, 2.24) is 0 Å². The largest absolute Gasteiger partial charge is 0.397 e. The minimum absolute atomic E-state index is 0.207. The number of thiophene rings is 1. The Labute approximate surface area is 175 Å². The van der Waals surface area contributed by atoms with Crippen molar-refractivity contribution >= 4 is 37.3 Å². The first-order chi connectivity index (χ1) is 14.0. The van der Waals surface area contributed by atoms with Gasteiger partial charge in [0.1, 0.15) is 0 Å². The monoisotopic (exact) mass is 426 g/mol. The maximum Gasteiger partial charge on any atom is 0.255 e. The zero-order valence-electron chi connectivity index (χ0n) is 16.1. The highest BCUT2D eigenvalue weighted by Gasteiger charge is 2.52. The summed E-state index contributed by atoms with van der Waals surface area (Å²) in [5.41, 5.74) is 9.54. The van der Waals surface area contributed by atoms with E-state index >= 15 is 0 Å². The summed E-state index contributed by atoms with van der Waals surface area (Å²) in [7, 11) is -1.21. The second-order valence-corrected chi connectivity index (χ2v) is 8.87. The molecule has 3 N–H and O–H groups in total. The SMILES string of the molecule is CC1CC1(Cc1ccc(C(=O)Nc2cc(-c3cccs3)ccc2N)cc1)O[PH2]=O. The third-order valence-corrected chi connectivity index (χ3v) is 6.98. The Morgan fingerprint density at radius 2 is 2.03 bits per heavy atom. The van der Waals surface area contributed by atoms with Gasteiger partial charge in [-0.25, -0.2) is 0 Å². The fourth-order valence-electron chi connectivity index (χ4n) is 3.58. The number of anilines is 2. The molecule has 1 aromatic heterocycles. The predicted molar refractivity (Wildman–Crippen MR) is 120 cm³/mol. The molecule has 1 fully saturated rings. The molecule has 150 valence electrons. The molecule has 1 heterocycles. The molecule has 4 rings (SSSR count). The van der Waals surface area contributed by atoms with Gasteiger partial charge >= 0.3 is 0 Å². The van der Waals surface area contributed by atoms with E-state index in [0.717, 1.165) is 22.4 Å². The van der Waals surface area contributed by atoms with E-state index < -0.39 is 8.69 Å². The molecule has 5 nitrogen and oxygen atoms in total. The lowest BCUT2D eigenvalue weighted by atomic mass is 10.0. The fourth-order valence-corrected chi connectivity index (χ4v) is 4.91. The van der Waals surface area contributed by atoms with Crippen molar-refractivity contribution in [2.45, 2.75) is 25.4 Å². The number of nitrogen functional groups attached to an aromatic ring is 1. The van der Waals surface area contributed by atoms with Crippen LogP contribution in [-0.4, -0.2) is 11.5 Å². The fraction of sp³-hybridized carbons (Fsp3) is 0.227. The Morgan fingerprint density at radius 1 is 1.28 bits per heavy atom. The molecule has 0 bridgehead atoms. The molecule has 1 amide bonds. The lowest BCUT2D eigenvalue weighted by Crippen LogP contribution is -2.16. The minimum atomic E-state index is -1.21. The summed E-state index contributed by atoms with van der Waals surface area (Å²) >= 11 is 1.64. The summed E-state index contributed by atoms with van der Waals surface area (Å²) in [6.45, 7) is 2.10. The van der Waals surface area contributed by atoms with Gasteiger partial charge in [0.25, 0.3) is 5.91 Å². The zero-order chi connectivity index (χ0) is 20.4. The highest BCUT2D eigenvalue weighted by atomic mass is 32.1. The van der Waals surface area contributed by atoms with Crippen LogP contribution in [0.1, 0.15) is 29.3 Å². The molecule has 0 radical (unpaired) electrons. The zero-order valence-corrected chi connectivity index (χ0v) is 18.0. The number of benzene rings is 2. The van der Waals surface area contributed by atoms with Crippen molar-refractivity contribution in [1.29, 1.82) is 0 Å². The van der Waals surface area contributed by atoms with Crippen molar-refractivity contribution in [3.8, 4) is 10.4 Å². The molecule has 3 atom stereocenters. The summed E-state index contributed by atoms with van der Waals surface area (Å²) in [6, 6.07) is 17.1. The van der Waals surface area contributed by atoms with Crippen molar-refractivity contribution in [3.05, 3.63) is 71.1 Å². The van der Waals surface area contributed by atoms with Gasteiger partial charge in [0, 0.05) is 16.9 Å². The molecule has 3 aromatic rings. The van der Waals surface area contributed by atoms with Crippen LogP contribution in [0.25, 0.3) is 10.4 Å². The Balaban J connectivity index is 1.46. The predicted octanol–water partition coefficient (Wildman–Crippen LogP) is 5.26. The third-order valence-electron chi connectivity index (χ3n) is 5.50. The van der Waals surface area contributed by atoms with Crippen LogP contribution in [0.5, 0.6) is 0 Å². The van der Waals surface area contributed by atoms with E-state index in [2.05, 4.69) is 12.2 Å². The Kier molecular flexibility index (Phi) is 5.59. The van der Waals surface area contributed by atoms with Gasteiger partial charge in [0.2, 0.25) is 0 Å². The average Bonchev–Trinajstić information content (AvgIpc) is 3.10. The first kappa shape index (κ1) is 19.9. The Bertz CT molecular complexity index is 1040. The lowest BCUT2D eigenvalue weighted by molar-refractivity contribution is 0.102. The van der Waals surface area contributed by atoms with Gasteiger partial charge in [-0.1, -0.05) is 31.2 Å². The number of nitrogens with one attached hydrogen (secondary N) is 1. The van der Waals surface area contributed by atoms with Crippen LogP contribution in [0.4, 0.5) is 11.4 Å². The molecule has 1 aliphatic carbocycles. The number of carbonyl (C=O) groups is 1. The molecule has 0 saturated heterocycles. The van der Waals surface area contributed by atoms with Crippen molar-refractivity contribution in [2.75, 3.05) is 11.1 Å². The van der Waals surface area contributed by atoms with Gasteiger partial charge in [-0.15, -0.1) is 11.3 Å². The van der Waals surface area contributed by atoms with Gasteiger partial charge in [-0.3, -0.25) is 9.36 Å². The molecule has 2 aromatic carbocycles. The Hall–Kier alpha value is -2.40. The Morgan fingerprint density at radius 3 is 2.66 bits per heavy atom. The van der Waals surface area contributed by atoms with Crippen molar-refractivity contribution in [3.63, 3.8) is 0 Å². The summed E-state index contributed by atoms with van der Waals surface area (Å²) in [5, 5.41) is 4.93. The normalized spacial score (nSPS) is 20.8. The van der Waals surface area contributed by atoms with E-state index in [4.69, 9.17) is 10.3 Å². The van der Waals surface area contributed by atoms with Crippen LogP contribution < -0.4 is 11.1 Å². The number of carbonyl (C=O) groups excluding carboxylic acids is 1.